The Morgan fingerprint density at radius 1 is 1.56 bits per heavy atom. The number of rotatable bonds is 6. The Morgan fingerprint density at radius 3 is 2.89 bits per heavy atom. The van der Waals surface area contributed by atoms with Crippen molar-refractivity contribution >= 4 is 5.91 Å². The molecular weight excluding hydrogens is 230 g/mol. The van der Waals surface area contributed by atoms with E-state index in [0.717, 1.165) is 5.56 Å². The lowest BCUT2D eigenvalue weighted by atomic mass is 10.1. The fraction of sp³-hybridized carbons (Fsp3) is 0.357. The Bertz CT molecular complexity index is 415. The van der Waals surface area contributed by atoms with Gasteiger partial charge in [0.1, 0.15) is 5.75 Å². The lowest BCUT2D eigenvalue weighted by Crippen LogP contribution is -2.36. The first-order valence-electron chi connectivity index (χ1n) is 5.88. The molecule has 0 saturated heterocycles. The molecule has 1 aromatic carbocycles. The van der Waals surface area contributed by atoms with E-state index in [0.29, 0.717) is 12.3 Å². The summed E-state index contributed by atoms with van der Waals surface area (Å²) in [4.78, 5) is 11.6. The highest BCUT2D eigenvalue weighted by Crippen LogP contribution is 2.19. The number of amides is 1. The van der Waals surface area contributed by atoms with E-state index in [-0.39, 0.29) is 5.91 Å². The molecule has 0 spiro atoms. The van der Waals surface area contributed by atoms with Crippen LogP contribution in [0.2, 0.25) is 0 Å². The maximum absolute atomic E-state index is 11.6. The highest BCUT2D eigenvalue weighted by atomic mass is 16.5. The van der Waals surface area contributed by atoms with E-state index in [4.69, 9.17) is 4.74 Å². The van der Waals surface area contributed by atoms with Crippen molar-refractivity contribution in [3.63, 3.8) is 0 Å². The van der Waals surface area contributed by atoms with Crippen molar-refractivity contribution in [3.05, 3.63) is 42.5 Å². The smallest absolute Gasteiger partial charge is 0.261 e. The van der Waals surface area contributed by atoms with E-state index in [2.05, 4.69) is 11.9 Å². The Kier molecular flexibility index (Phi) is 5.39. The number of hydrogen-bond donors (Lipinski definition) is 2. The van der Waals surface area contributed by atoms with Gasteiger partial charge in [-0.15, -0.1) is 6.58 Å². The van der Waals surface area contributed by atoms with E-state index in [9.17, 15) is 9.90 Å². The number of hydrogen-bond acceptors (Lipinski definition) is 3. The van der Waals surface area contributed by atoms with E-state index in [1.165, 1.54) is 0 Å². The van der Waals surface area contributed by atoms with Crippen LogP contribution in [0.15, 0.2) is 36.9 Å². The number of benzene rings is 1. The standard InChI is InChI=1S/C14H19NO3/c1-4-8-15-14(17)11(3)18-13-7-5-6-12(9-13)10(2)16/h4-7,9-11,16H,1,8H2,2-3H3,(H,15,17)/t10-,11?/m0/s1. The van der Waals surface area contributed by atoms with Crippen LogP contribution in [0.25, 0.3) is 0 Å². The van der Waals surface area contributed by atoms with Crippen LogP contribution in [-0.4, -0.2) is 23.7 Å². The van der Waals surface area contributed by atoms with Gasteiger partial charge in [0.05, 0.1) is 6.10 Å². The number of carbonyl (C=O) groups excluding carboxylic acids is 1. The van der Waals surface area contributed by atoms with E-state index in [1.54, 1.807) is 44.2 Å². The van der Waals surface area contributed by atoms with Gasteiger partial charge in [0.2, 0.25) is 0 Å². The van der Waals surface area contributed by atoms with Crippen molar-refractivity contribution in [2.24, 2.45) is 0 Å². The molecule has 0 radical (unpaired) electrons. The van der Waals surface area contributed by atoms with Gasteiger partial charge < -0.3 is 15.2 Å². The molecule has 4 heteroatoms. The quantitative estimate of drug-likeness (QED) is 0.756. The second-order valence-electron chi connectivity index (χ2n) is 4.04. The summed E-state index contributed by atoms with van der Waals surface area (Å²) in [5.74, 6) is 0.368. The van der Waals surface area contributed by atoms with Gasteiger partial charge >= 0.3 is 0 Å². The lowest BCUT2D eigenvalue weighted by Gasteiger charge is -2.15. The molecule has 98 valence electrons. The SMILES string of the molecule is C=CCNC(=O)C(C)Oc1cccc([C@H](C)O)c1. The summed E-state index contributed by atoms with van der Waals surface area (Å²) in [6, 6.07) is 7.07. The third kappa shape index (κ3) is 4.22. The third-order valence-corrected chi connectivity index (χ3v) is 2.44. The zero-order valence-corrected chi connectivity index (χ0v) is 10.7. The predicted octanol–water partition coefficient (Wildman–Crippen LogP) is 1.81. The summed E-state index contributed by atoms with van der Waals surface area (Å²) in [6.45, 7) is 7.29. The summed E-state index contributed by atoms with van der Waals surface area (Å²) >= 11 is 0. The molecule has 0 heterocycles. The second-order valence-corrected chi connectivity index (χ2v) is 4.04. The Balaban J connectivity index is 2.63. The van der Waals surface area contributed by atoms with Gasteiger partial charge in [0.15, 0.2) is 6.10 Å². The minimum absolute atomic E-state index is 0.197. The van der Waals surface area contributed by atoms with Crippen LogP contribution in [0.4, 0.5) is 0 Å². The average molecular weight is 249 g/mol. The normalized spacial score (nSPS) is 13.5. The van der Waals surface area contributed by atoms with Crippen molar-refractivity contribution in [1.29, 1.82) is 0 Å². The van der Waals surface area contributed by atoms with Gasteiger partial charge in [-0.05, 0) is 31.5 Å². The van der Waals surface area contributed by atoms with Crippen LogP contribution >= 0.6 is 0 Å². The number of ether oxygens (including phenoxy) is 1. The summed E-state index contributed by atoms with van der Waals surface area (Å²) in [6.07, 6.45) is 0.464. The maximum Gasteiger partial charge on any atom is 0.261 e. The molecule has 0 aromatic heterocycles. The van der Waals surface area contributed by atoms with Crippen molar-refractivity contribution in [3.8, 4) is 5.75 Å². The van der Waals surface area contributed by atoms with Crippen LogP contribution in [0.5, 0.6) is 5.75 Å². The number of aliphatic hydroxyl groups excluding tert-OH is 1. The topological polar surface area (TPSA) is 58.6 Å². The van der Waals surface area contributed by atoms with Crippen LogP contribution in [0, 0.1) is 0 Å². The molecule has 18 heavy (non-hydrogen) atoms. The second kappa shape index (κ2) is 6.81. The fourth-order valence-corrected chi connectivity index (χ4v) is 1.42. The molecule has 1 amide bonds. The number of aliphatic hydroxyl groups is 1. The van der Waals surface area contributed by atoms with Gasteiger partial charge in [0, 0.05) is 6.54 Å². The van der Waals surface area contributed by atoms with Gasteiger partial charge in [-0.1, -0.05) is 18.2 Å². The van der Waals surface area contributed by atoms with Crippen LogP contribution < -0.4 is 10.1 Å². The van der Waals surface area contributed by atoms with Crippen molar-refractivity contribution in [2.45, 2.75) is 26.1 Å². The van der Waals surface area contributed by atoms with Crippen LogP contribution in [-0.2, 0) is 4.79 Å². The molecule has 1 unspecified atom stereocenters. The number of nitrogens with one attached hydrogen (secondary N) is 1. The maximum atomic E-state index is 11.6. The van der Waals surface area contributed by atoms with Crippen molar-refractivity contribution in [1.82, 2.24) is 5.32 Å². The molecule has 1 rings (SSSR count). The minimum atomic E-state index is -0.589. The van der Waals surface area contributed by atoms with Gasteiger partial charge in [-0.2, -0.15) is 0 Å². The van der Waals surface area contributed by atoms with E-state index >= 15 is 0 Å². The molecule has 2 atom stereocenters. The first kappa shape index (κ1) is 14.3. The number of carbonyl (C=O) groups is 1. The molecule has 0 aliphatic carbocycles. The monoisotopic (exact) mass is 249 g/mol. The van der Waals surface area contributed by atoms with Gasteiger partial charge in [0.25, 0.3) is 5.91 Å². The molecule has 0 aliphatic rings. The molecule has 0 aliphatic heterocycles. The highest BCUT2D eigenvalue weighted by Gasteiger charge is 2.14. The first-order valence-corrected chi connectivity index (χ1v) is 5.88. The summed E-state index contributed by atoms with van der Waals surface area (Å²) < 4.78 is 5.51. The van der Waals surface area contributed by atoms with Crippen molar-refractivity contribution < 1.29 is 14.6 Å². The van der Waals surface area contributed by atoms with E-state index in [1.807, 2.05) is 0 Å². The zero-order chi connectivity index (χ0) is 13.5. The molecule has 0 saturated carbocycles. The van der Waals surface area contributed by atoms with Crippen LogP contribution in [0.3, 0.4) is 0 Å². The largest absolute Gasteiger partial charge is 0.481 e. The molecule has 0 bridgehead atoms. The Hall–Kier alpha value is -1.81. The zero-order valence-electron chi connectivity index (χ0n) is 10.7. The summed E-state index contributed by atoms with van der Waals surface area (Å²) in [7, 11) is 0. The van der Waals surface area contributed by atoms with Gasteiger partial charge in [-0.3, -0.25) is 4.79 Å². The fourth-order valence-electron chi connectivity index (χ4n) is 1.42. The highest BCUT2D eigenvalue weighted by molar-refractivity contribution is 5.80. The van der Waals surface area contributed by atoms with Crippen molar-refractivity contribution in [2.75, 3.05) is 6.54 Å². The molecule has 1 aromatic rings. The van der Waals surface area contributed by atoms with E-state index < -0.39 is 12.2 Å². The molecular formula is C14H19NO3. The Labute approximate surface area is 107 Å². The summed E-state index contributed by atoms with van der Waals surface area (Å²) in [5, 5.41) is 12.1. The average Bonchev–Trinajstić information content (AvgIpc) is 2.36. The van der Waals surface area contributed by atoms with Gasteiger partial charge in [-0.25, -0.2) is 0 Å². The Morgan fingerprint density at radius 2 is 2.28 bits per heavy atom. The molecule has 2 N–H and O–H groups in total. The minimum Gasteiger partial charge on any atom is -0.481 e. The molecule has 0 fully saturated rings. The molecule has 4 nitrogen and oxygen atoms in total. The van der Waals surface area contributed by atoms with Crippen LogP contribution in [0.1, 0.15) is 25.5 Å². The lowest BCUT2D eigenvalue weighted by molar-refractivity contribution is -0.127. The predicted molar refractivity (Wildman–Crippen MR) is 70.4 cm³/mol. The first-order chi connectivity index (χ1) is 8.54. The third-order valence-electron chi connectivity index (χ3n) is 2.44. The summed E-state index contributed by atoms with van der Waals surface area (Å²) in [5.41, 5.74) is 0.756.